The number of aryl methyl sites for hydroxylation is 1. The van der Waals surface area contributed by atoms with Crippen LogP contribution in [0.15, 0.2) is 42.5 Å². The first-order chi connectivity index (χ1) is 14.1. The van der Waals surface area contributed by atoms with Crippen molar-refractivity contribution in [2.24, 2.45) is 0 Å². The number of aromatic nitrogens is 2. The number of ether oxygens (including phenoxy) is 2. The second-order valence-corrected chi connectivity index (χ2v) is 7.59. The molecule has 1 saturated heterocycles. The van der Waals surface area contributed by atoms with E-state index in [1.165, 1.54) is 5.56 Å². The van der Waals surface area contributed by atoms with Crippen molar-refractivity contribution in [1.29, 1.82) is 0 Å². The number of hydrogen-bond donors (Lipinski definition) is 0. The fraction of sp³-hybridized carbons (Fsp3) is 0.391. The van der Waals surface area contributed by atoms with E-state index in [0.29, 0.717) is 0 Å². The maximum absolute atomic E-state index is 5.50. The highest BCUT2D eigenvalue weighted by Crippen LogP contribution is 2.33. The van der Waals surface area contributed by atoms with Gasteiger partial charge in [-0.1, -0.05) is 24.3 Å². The first-order valence-electron chi connectivity index (χ1n) is 9.96. The Morgan fingerprint density at radius 2 is 1.79 bits per heavy atom. The normalized spacial score (nSPS) is 18.1. The van der Waals surface area contributed by atoms with Crippen molar-refractivity contribution in [3.63, 3.8) is 0 Å². The molecule has 0 radical (unpaired) electrons. The molecule has 1 fully saturated rings. The van der Waals surface area contributed by atoms with Gasteiger partial charge in [-0.3, -0.25) is 9.80 Å². The number of likely N-dealkylation sites (N-methyl/N-ethyl adjacent to an activating group) is 1. The lowest BCUT2D eigenvalue weighted by atomic mass is 10.0. The standard InChI is InChI=1S/C23H28N4O2/c1-16-18-7-5-6-8-19(18)25-23(24-16)15-27-12-11-26(2)20(14-27)17-9-10-21(28-3)22(13-17)29-4/h5-10,13,20H,11-12,14-15H2,1-4H3. The first kappa shape index (κ1) is 19.6. The van der Waals surface area contributed by atoms with Crippen molar-refractivity contribution < 1.29 is 9.47 Å². The molecule has 6 nitrogen and oxygen atoms in total. The number of piperazine rings is 1. The number of benzene rings is 2. The first-order valence-corrected chi connectivity index (χ1v) is 9.96. The average Bonchev–Trinajstić information content (AvgIpc) is 2.74. The second-order valence-electron chi connectivity index (χ2n) is 7.59. The number of hydrogen-bond acceptors (Lipinski definition) is 6. The van der Waals surface area contributed by atoms with E-state index < -0.39 is 0 Å². The van der Waals surface area contributed by atoms with E-state index in [0.717, 1.165) is 60.1 Å². The van der Waals surface area contributed by atoms with Gasteiger partial charge >= 0.3 is 0 Å². The lowest BCUT2D eigenvalue weighted by molar-refractivity contribution is 0.0885. The molecule has 1 aromatic heterocycles. The maximum Gasteiger partial charge on any atom is 0.161 e. The van der Waals surface area contributed by atoms with Gasteiger partial charge < -0.3 is 9.47 Å². The van der Waals surface area contributed by atoms with E-state index in [4.69, 9.17) is 19.4 Å². The van der Waals surface area contributed by atoms with E-state index in [-0.39, 0.29) is 6.04 Å². The lowest BCUT2D eigenvalue weighted by Crippen LogP contribution is -2.46. The molecule has 1 aliphatic rings. The molecule has 152 valence electrons. The monoisotopic (exact) mass is 392 g/mol. The molecular weight excluding hydrogens is 364 g/mol. The van der Waals surface area contributed by atoms with Gasteiger partial charge in [-0.25, -0.2) is 9.97 Å². The molecule has 0 N–H and O–H groups in total. The molecule has 0 aliphatic carbocycles. The van der Waals surface area contributed by atoms with Crippen LogP contribution in [0, 0.1) is 6.92 Å². The van der Waals surface area contributed by atoms with Crippen LogP contribution in [0.2, 0.25) is 0 Å². The van der Waals surface area contributed by atoms with Crippen molar-refractivity contribution >= 4 is 10.9 Å². The Morgan fingerprint density at radius 3 is 2.59 bits per heavy atom. The fourth-order valence-electron chi connectivity index (χ4n) is 4.06. The summed E-state index contributed by atoms with van der Waals surface area (Å²) in [6.45, 7) is 5.72. The number of nitrogens with zero attached hydrogens (tertiary/aromatic N) is 4. The summed E-state index contributed by atoms with van der Waals surface area (Å²) in [5.41, 5.74) is 3.28. The number of methoxy groups -OCH3 is 2. The van der Waals surface area contributed by atoms with Crippen LogP contribution in [-0.2, 0) is 6.54 Å². The molecule has 1 unspecified atom stereocenters. The van der Waals surface area contributed by atoms with Gasteiger partial charge in [-0.2, -0.15) is 0 Å². The molecule has 0 spiro atoms. The quantitative estimate of drug-likeness (QED) is 0.663. The summed E-state index contributed by atoms with van der Waals surface area (Å²) in [5.74, 6) is 2.41. The molecule has 29 heavy (non-hydrogen) atoms. The summed E-state index contributed by atoms with van der Waals surface area (Å²) in [6.07, 6.45) is 0. The molecule has 1 atom stereocenters. The van der Waals surface area contributed by atoms with Crippen LogP contribution in [-0.4, -0.2) is 60.7 Å². The number of fused-ring (bicyclic) bond motifs is 1. The predicted octanol–water partition coefficient (Wildman–Crippen LogP) is 3.44. The predicted molar refractivity (Wildman–Crippen MR) is 114 cm³/mol. The minimum atomic E-state index is 0.283. The van der Waals surface area contributed by atoms with Gasteiger partial charge in [0.25, 0.3) is 0 Å². The molecule has 4 rings (SSSR count). The number of rotatable bonds is 5. The van der Waals surface area contributed by atoms with Gasteiger partial charge in [0.2, 0.25) is 0 Å². The van der Waals surface area contributed by atoms with E-state index in [2.05, 4.69) is 48.0 Å². The summed E-state index contributed by atoms with van der Waals surface area (Å²) in [4.78, 5) is 14.4. The molecule has 1 aliphatic heterocycles. The van der Waals surface area contributed by atoms with Crippen LogP contribution >= 0.6 is 0 Å². The molecule has 3 aromatic rings. The van der Waals surface area contributed by atoms with Crippen molar-refractivity contribution in [2.75, 3.05) is 40.9 Å². The zero-order valence-electron chi connectivity index (χ0n) is 17.6. The van der Waals surface area contributed by atoms with Gasteiger partial charge in [0.15, 0.2) is 11.5 Å². The third kappa shape index (κ3) is 4.04. The second kappa shape index (κ2) is 8.35. The summed E-state index contributed by atoms with van der Waals surface area (Å²) in [6, 6.07) is 14.7. The smallest absolute Gasteiger partial charge is 0.161 e. The maximum atomic E-state index is 5.50. The van der Waals surface area contributed by atoms with E-state index >= 15 is 0 Å². The minimum absolute atomic E-state index is 0.283. The van der Waals surface area contributed by atoms with Crippen molar-refractivity contribution in [3.05, 3.63) is 59.5 Å². The molecule has 6 heteroatoms. The van der Waals surface area contributed by atoms with Crippen LogP contribution in [0.4, 0.5) is 0 Å². The summed E-state index contributed by atoms with van der Waals surface area (Å²) in [7, 11) is 5.52. The lowest BCUT2D eigenvalue weighted by Gasteiger charge is -2.39. The summed E-state index contributed by atoms with van der Waals surface area (Å²) < 4.78 is 10.9. The SMILES string of the molecule is COc1ccc(C2CN(Cc3nc(C)c4ccccc4n3)CCN2C)cc1OC. The van der Waals surface area contributed by atoms with Gasteiger partial charge in [0, 0.05) is 36.8 Å². The Labute approximate surface area is 172 Å². The molecule has 0 amide bonds. The third-order valence-corrected chi connectivity index (χ3v) is 5.73. The highest BCUT2D eigenvalue weighted by Gasteiger charge is 2.27. The van der Waals surface area contributed by atoms with E-state index in [1.807, 2.05) is 18.2 Å². The number of para-hydroxylation sites is 1. The van der Waals surface area contributed by atoms with Crippen LogP contribution in [0.1, 0.15) is 23.1 Å². The van der Waals surface area contributed by atoms with Gasteiger partial charge in [-0.05, 0) is 37.7 Å². The third-order valence-electron chi connectivity index (χ3n) is 5.73. The van der Waals surface area contributed by atoms with Crippen molar-refractivity contribution in [2.45, 2.75) is 19.5 Å². The Kier molecular flexibility index (Phi) is 5.65. The Hall–Kier alpha value is -2.70. The topological polar surface area (TPSA) is 50.7 Å². The summed E-state index contributed by atoms with van der Waals surface area (Å²) in [5, 5.41) is 1.12. The van der Waals surface area contributed by atoms with Crippen molar-refractivity contribution in [3.8, 4) is 11.5 Å². The van der Waals surface area contributed by atoms with Gasteiger partial charge in [0.1, 0.15) is 5.82 Å². The zero-order valence-corrected chi connectivity index (χ0v) is 17.6. The Morgan fingerprint density at radius 1 is 1.00 bits per heavy atom. The van der Waals surface area contributed by atoms with E-state index in [1.54, 1.807) is 14.2 Å². The summed E-state index contributed by atoms with van der Waals surface area (Å²) >= 11 is 0. The van der Waals surface area contributed by atoms with Crippen LogP contribution < -0.4 is 9.47 Å². The molecule has 0 bridgehead atoms. The average molecular weight is 393 g/mol. The van der Waals surface area contributed by atoms with Crippen LogP contribution in [0.3, 0.4) is 0 Å². The van der Waals surface area contributed by atoms with Gasteiger partial charge in [-0.15, -0.1) is 0 Å². The Bertz CT molecular complexity index is 1010. The van der Waals surface area contributed by atoms with Crippen molar-refractivity contribution in [1.82, 2.24) is 19.8 Å². The van der Waals surface area contributed by atoms with Crippen LogP contribution in [0.5, 0.6) is 11.5 Å². The highest BCUT2D eigenvalue weighted by atomic mass is 16.5. The molecule has 2 heterocycles. The Balaban J connectivity index is 1.55. The van der Waals surface area contributed by atoms with E-state index in [9.17, 15) is 0 Å². The molecule has 0 saturated carbocycles. The highest BCUT2D eigenvalue weighted by molar-refractivity contribution is 5.80. The largest absolute Gasteiger partial charge is 0.493 e. The van der Waals surface area contributed by atoms with Crippen LogP contribution in [0.25, 0.3) is 10.9 Å². The van der Waals surface area contributed by atoms with Gasteiger partial charge in [0.05, 0.1) is 26.3 Å². The fourth-order valence-corrected chi connectivity index (χ4v) is 4.06. The molecule has 2 aromatic carbocycles. The minimum Gasteiger partial charge on any atom is -0.493 e. The molecular formula is C23H28N4O2. The zero-order chi connectivity index (χ0) is 20.4.